The van der Waals surface area contributed by atoms with Crippen LogP contribution in [0.4, 0.5) is 0 Å². The van der Waals surface area contributed by atoms with E-state index in [-0.39, 0.29) is 0 Å². The molecule has 2 heteroatoms. The summed E-state index contributed by atoms with van der Waals surface area (Å²) in [4.78, 5) is 0. The van der Waals surface area contributed by atoms with Crippen molar-refractivity contribution in [2.75, 3.05) is 5.33 Å². The molecule has 1 N–H and O–H groups in total. The van der Waals surface area contributed by atoms with Crippen LogP contribution in [0.25, 0.3) is 0 Å². The number of halogens is 1. The zero-order valence-electron chi connectivity index (χ0n) is 7.13. The first-order valence-corrected chi connectivity index (χ1v) is 5.21. The molecule has 0 saturated heterocycles. The topological polar surface area (TPSA) is 20.2 Å². The summed E-state index contributed by atoms with van der Waals surface area (Å²) in [6, 6.07) is 7.42. The Morgan fingerprint density at radius 1 is 1.33 bits per heavy atom. The first-order chi connectivity index (χ1) is 5.74. The fourth-order valence-electron chi connectivity index (χ4n) is 1.13. The number of phenols is 1. The molecule has 1 aromatic carbocycles. The summed E-state index contributed by atoms with van der Waals surface area (Å²) in [5, 5.41) is 10.1. The third kappa shape index (κ3) is 2.52. The first-order valence-electron chi connectivity index (χ1n) is 4.09. The maximum Gasteiger partial charge on any atom is 0.115 e. The lowest BCUT2D eigenvalue weighted by Crippen LogP contribution is -1.93. The molecule has 0 aliphatic heterocycles. The van der Waals surface area contributed by atoms with Gasteiger partial charge < -0.3 is 5.11 Å². The molecule has 0 spiro atoms. The first kappa shape index (κ1) is 9.59. The molecule has 0 amide bonds. The average molecular weight is 229 g/mol. The second-order valence-corrected chi connectivity index (χ2v) is 3.76. The van der Waals surface area contributed by atoms with Gasteiger partial charge in [-0.25, -0.2) is 0 Å². The lowest BCUT2D eigenvalue weighted by molar-refractivity contribution is 0.475. The molecule has 1 rings (SSSR count). The highest BCUT2D eigenvalue weighted by molar-refractivity contribution is 9.09. The normalized spacial score (nSPS) is 12.8. The van der Waals surface area contributed by atoms with Crippen molar-refractivity contribution in [2.45, 2.75) is 19.3 Å². The van der Waals surface area contributed by atoms with Gasteiger partial charge in [0.2, 0.25) is 0 Å². The number of rotatable bonds is 3. The highest BCUT2D eigenvalue weighted by atomic mass is 79.9. The fraction of sp³-hybridized carbons (Fsp3) is 0.400. The Morgan fingerprint density at radius 3 is 2.42 bits per heavy atom. The van der Waals surface area contributed by atoms with Crippen LogP contribution < -0.4 is 0 Å². The molecule has 0 fully saturated rings. The van der Waals surface area contributed by atoms with Crippen LogP contribution in [0.2, 0.25) is 0 Å². The molecule has 0 aliphatic rings. The monoisotopic (exact) mass is 228 g/mol. The molecular weight excluding hydrogens is 216 g/mol. The number of aromatic hydroxyl groups is 1. The Labute approximate surface area is 81.6 Å². The van der Waals surface area contributed by atoms with Gasteiger partial charge in [-0.1, -0.05) is 35.0 Å². The Balaban J connectivity index is 2.68. The van der Waals surface area contributed by atoms with Crippen LogP contribution in [0, 0.1) is 0 Å². The minimum Gasteiger partial charge on any atom is -0.508 e. The summed E-state index contributed by atoms with van der Waals surface area (Å²) in [5.74, 6) is 0.898. The molecular formula is C10H13BrO. The van der Waals surface area contributed by atoms with Crippen molar-refractivity contribution in [1.29, 1.82) is 0 Å². The van der Waals surface area contributed by atoms with Gasteiger partial charge in [-0.3, -0.25) is 0 Å². The van der Waals surface area contributed by atoms with E-state index in [0.29, 0.717) is 11.7 Å². The van der Waals surface area contributed by atoms with Crippen molar-refractivity contribution in [2.24, 2.45) is 0 Å². The van der Waals surface area contributed by atoms with E-state index >= 15 is 0 Å². The molecule has 12 heavy (non-hydrogen) atoms. The van der Waals surface area contributed by atoms with E-state index in [1.165, 1.54) is 5.56 Å². The highest BCUT2D eigenvalue weighted by Gasteiger charge is 2.03. The predicted octanol–water partition coefficient (Wildman–Crippen LogP) is 3.28. The SMILES string of the molecule is CC(CCBr)c1ccc(O)cc1. The molecule has 66 valence electrons. The summed E-state index contributed by atoms with van der Waals surface area (Å²) >= 11 is 3.41. The molecule has 1 nitrogen and oxygen atoms in total. The number of benzene rings is 1. The molecule has 1 unspecified atom stereocenters. The van der Waals surface area contributed by atoms with Crippen molar-refractivity contribution in [3.05, 3.63) is 29.8 Å². The third-order valence-electron chi connectivity index (χ3n) is 2.00. The number of hydrogen-bond donors (Lipinski definition) is 1. The van der Waals surface area contributed by atoms with Crippen molar-refractivity contribution >= 4 is 15.9 Å². The molecule has 0 aromatic heterocycles. The Hall–Kier alpha value is -0.500. The van der Waals surface area contributed by atoms with Crippen molar-refractivity contribution in [3.63, 3.8) is 0 Å². The average Bonchev–Trinajstić information content (AvgIpc) is 2.06. The largest absolute Gasteiger partial charge is 0.508 e. The van der Waals surface area contributed by atoms with E-state index < -0.39 is 0 Å². The van der Waals surface area contributed by atoms with Gasteiger partial charge in [0.05, 0.1) is 0 Å². The van der Waals surface area contributed by atoms with Gasteiger partial charge in [0, 0.05) is 5.33 Å². The van der Waals surface area contributed by atoms with Gasteiger partial charge >= 0.3 is 0 Å². The molecule has 1 atom stereocenters. The van der Waals surface area contributed by atoms with E-state index in [1.54, 1.807) is 12.1 Å². The van der Waals surface area contributed by atoms with Gasteiger partial charge in [-0.15, -0.1) is 0 Å². The van der Waals surface area contributed by atoms with Gasteiger partial charge in [-0.2, -0.15) is 0 Å². The minimum absolute atomic E-state index is 0.338. The lowest BCUT2D eigenvalue weighted by atomic mass is 9.99. The summed E-state index contributed by atoms with van der Waals surface area (Å²) in [6.07, 6.45) is 1.13. The van der Waals surface area contributed by atoms with E-state index in [1.807, 2.05) is 12.1 Å². The van der Waals surface area contributed by atoms with E-state index in [2.05, 4.69) is 22.9 Å². The van der Waals surface area contributed by atoms with Crippen LogP contribution in [0.1, 0.15) is 24.8 Å². The second-order valence-electron chi connectivity index (χ2n) is 2.97. The molecule has 0 bridgehead atoms. The second kappa shape index (κ2) is 4.51. The zero-order valence-corrected chi connectivity index (χ0v) is 8.71. The van der Waals surface area contributed by atoms with Crippen LogP contribution in [0.3, 0.4) is 0 Å². The fourth-order valence-corrected chi connectivity index (χ4v) is 1.82. The standard InChI is InChI=1S/C10H13BrO/c1-8(6-7-11)9-2-4-10(12)5-3-9/h2-5,8,12H,6-7H2,1H3. The molecule has 1 aromatic rings. The number of hydrogen-bond acceptors (Lipinski definition) is 1. The third-order valence-corrected chi connectivity index (χ3v) is 2.46. The van der Waals surface area contributed by atoms with Crippen molar-refractivity contribution in [3.8, 4) is 5.75 Å². The van der Waals surface area contributed by atoms with Crippen molar-refractivity contribution < 1.29 is 5.11 Å². The Morgan fingerprint density at radius 2 is 1.92 bits per heavy atom. The summed E-state index contributed by atoms with van der Waals surface area (Å²) < 4.78 is 0. The van der Waals surface area contributed by atoms with Gasteiger partial charge in [-0.05, 0) is 30.0 Å². The van der Waals surface area contributed by atoms with E-state index in [0.717, 1.165) is 11.8 Å². The van der Waals surface area contributed by atoms with Crippen molar-refractivity contribution in [1.82, 2.24) is 0 Å². The number of phenolic OH excluding ortho intramolecular Hbond substituents is 1. The Bertz CT molecular complexity index is 230. The van der Waals surface area contributed by atoms with Gasteiger partial charge in [0.1, 0.15) is 5.75 Å². The van der Waals surface area contributed by atoms with E-state index in [4.69, 9.17) is 5.11 Å². The zero-order chi connectivity index (χ0) is 8.97. The maximum atomic E-state index is 9.06. The predicted molar refractivity (Wildman–Crippen MR) is 54.9 cm³/mol. The quantitative estimate of drug-likeness (QED) is 0.788. The van der Waals surface area contributed by atoms with Crippen LogP contribution in [-0.2, 0) is 0 Å². The molecule has 0 heterocycles. The Kier molecular flexibility index (Phi) is 3.60. The lowest BCUT2D eigenvalue weighted by Gasteiger charge is -2.09. The molecule has 0 radical (unpaired) electrons. The van der Waals surface area contributed by atoms with Crippen LogP contribution in [-0.4, -0.2) is 10.4 Å². The molecule has 0 saturated carbocycles. The smallest absolute Gasteiger partial charge is 0.115 e. The van der Waals surface area contributed by atoms with E-state index in [9.17, 15) is 0 Å². The highest BCUT2D eigenvalue weighted by Crippen LogP contribution is 2.21. The van der Waals surface area contributed by atoms with Gasteiger partial charge in [0.25, 0.3) is 0 Å². The maximum absolute atomic E-state index is 9.06. The van der Waals surface area contributed by atoms with Crippen LogP contribution >= 0.6 is 15.9 Å². The van der Waals surface area contributed by atoms with Gasteiger partial charge in [0.15, 0.2) is 0 Å². The number of alkyl halides is 1. The van der Waals surface area contributed by atoms with Crippen LogP contribution in [0.5, 0.6) is 5.75 Å². The summed E-state index contributed by atoms with van der Waals surface area (Å²) in [7, 11) is 0. The van der Waals surface area contributed by atoms with Crippen LogP contribution in [0.15, 0.2) is 24.3 Å². The summed E-state index contributed by atoms with van der Waals surface area (Å²) in [5.41, 5.74) is 1.28. The minimum atomic E-state index is 0.338. The molecule has 0 aliphatic carbocycles. The summed E-state index contributed by atoms with van der Waals surface area (Å²) in [6.45, 7) is 2.19.